The van der Waals surface area contributed by atoms with Gasteiger partial charge in [-0.1, -0.05) is 23.7 Å². The van der Waals surface area contributed by atoms with E-state index in [1.807, 2.05) is 19.1 Å². The van der Waals surface area contributed by atoms with Gasteiger partial charge in [0.1, 0.15) is 18.2 Å². The molecule has 0 aliphatic carbocycles. The summed E-state index contributed by atoms with van der Waals surface area (Å²) in [5.74, 6) is 0.409. The van der Waals surface area contributed by atoms with Gasteiger partial charge in [0.05, 0.1) is 6.04 Å². The minimum atomic E-state index is -0.306. The summed E-state index contributed by atoms with van der Waals surface area (Å²) >= 11 is 5.87. The van der Waals surface area contributed by atoms with Crippen molar-refractivity contribution in [2.45, 2.75) is 13.0 Å². The first-order chi connectivity index (χ1) is 9.06. The highest BCUT2D eigenvalue weighted by Gasteiger charge is 2.10. The van der Waals surface area contributed by atoms with Crippen LogP contribution >= 0.6 is 11.6 Å². The average molecular weight is 280 g/mol. The molecule has 0 fully saturated rings. The largest absolute Gasteiger partial charge is 0.492 e. The van der Waals surface area contributed by atoms with Gasteiger partial charge in [0, 0.05) is 5.02 Å². The molecule has 0 heterocycles. The van der Waals surface area contributed by atoms with E-state index in [0.29, 0.717) is 17.4 Å². The van der Waals surface area contributed by atoms with Gasteiger partial charge < -0.3 is 10.5 Å². The van der Waals surface area contributed by atoms with Crippen LogP contribution in [0.1, 0.15) is 17.2 Å². The van der Waals surface area contributed by atoms with Crippen LogP contribution < -0.4 is 10.5 Å². The quantitative estimate of drug-likeness (QED) is 0.922. The lowest BCUT2D eigenvalue weighted by molar-refractivity contribution is 0.290. The Bertz CT molecular complexity index is 574. The van der Waals surface area contributed by atoms with Crippen LogP contribution in [0.4, 0.5) is 4.39 Å². The molecule has 0 saturated carbocycles. The van der Waals surface area contributed by atoms with E-state index in [1.54, 1.807) is 18.2 Å². The number of ether oxygens (including phenoxy) is 1. The minimum Gasteiger partial charge on any atom is -0.492 e. The third-order valence-electron chi connectivity index (χ3n) is 2.86. The van der Waals surface area contributed by atoms with Crippen LogP contribution in [-0.2, 0) is 0 Å². The Balaban J connectivity index is 2.03. The second-order valence-corrected chi connectivity index (χ2v) is 4.81. The maximum Gasteiger partial charge on any atom is 0.123 e. The van der Waals surface area contributed by atoms with Crippen LogP contribution in [0.2, 0.25) is 5.02 Å². The van der Waals surface area contributed by atoms with Crippen LogP contribution in [0.5, 0.6) is 5.75 Å². The summed E-state index contributed by atoms with van der Waals surface area (Å²) in [5.41, 5.74) is 7.75. The number of benzene rings is 2. The molecule has 2 nitrogen and oxygen atoms in total. The number of nitrogens with two attached hydrogens (primary N) is 1. The standard InChI is InChI=1S/C15H15ClFNO/c1-10-7-12(17)5-6-14(10)15(18)9-19-13-4-2-3-11(16)8-13/h2-8,15H,9,18H2,1H3. The molecule has 2 aromatic carbocycles. The van der Waals surface area contributed by atoms with E-state index in [2.05, 4.69) is 0 Å². The highest BCUT2D eigenvalue weighted by atomic mass is 35.5. The summed E-state index contributed by atoms with van der Waals surface area (Å²) in [6, 6.07) is 11.4. The lowest BCUT2D eigenvalue weighted by Crippen LogP contribution is -2.20. The van der Waals surface area contributed by atoms with Crippen molar-refractivity contribution in [2.24, 2.45) is 5.73 Å². The summed E-state index contributed by atoms with van der Waals surface area (Å²) in [6.07, 6.45) is 0. The topological polar surface area (TPSA) is 35.2 Å². The van der Waals surface area contributed by atoms with Crippen LogP contribution in [-0.4, -0.2) is 6.61 Å². The highest BCUT2D eigenvalue weighted by molar-refractivity contribution is 6.30. The summed E-state index contributed by atoms with van der Waals surface area (Å²) in [5, 5.41) is 0.615. The van der Waals surface area contributed by atoms with Crippen LogP contribution in [0.3, 0.4) is 0 Å². The van der Waals surface area contributed by atoms with Gasteiger partial charge >= 0.3 is 0 Å². The molecule has 0 saturated heterocycles. The fourth-order valence-electron chi connectivity index (χ4n) is 1.89. The molecule has 0 aromatic heterocycles. The monoisotopic (exact) mass is 279 g/mol. The lowest BCUT2D eigenvalue weighted by atomic mass is 10.0. The van der Waals surface area contributed by atoms with Gasteiger partial charge in [-0.15, -0.1) is 0 Å². The van der Waals surface area contributed by atoms with Gasteiger partial charge in [-0.3, -0.25) is 0 Å². The Morgan fingerprint density at radius 1 is 1.26 bits per heavy atom. The van der Waals surface area contributed by atoms with Gasteiger partial charge in [0.2, 0.25) is 0 Å². The predicted octanol–water partition coefficient (Wildman–Crippen LogP) is 3.87. The minimum absolute atomic E-state index is 0.260. The van der Waals surface area contributed by atoms with Crippen molar-refractivity contribution < 1.29 is 9.13 Å². The third-order valence-corrected chi connectivity index (χ3v) is 3.09. The third kappa shape index (κ3) is 3.69. The number of aryl methyl sites for hydroxylation is 1. The first-order valence-electron chi connectivity index (χ1n) is 5.96. The molecule has 0 bridgehead atoms. The number of hydrogen-bond acceptors (Lipinski definition) is 2. The van der Waals surface area contributed by atoms with Gasteiger partial charge in [0.15, 0.2) is 0 Å². The van der Waals surface area contributed by atoms with Gasteiger partial charge in [0.25, 0.3) is 0 Å². The molecule has 0 aliphatic rings. The molecule has 0 spiro atoms. The van der Waals surface area contributed by atoms with Crippen LogP contribution in [0.25, 0.3) is 0 Å². The number of rotatable bonds is 4. The summed E-state index contributed by atoms with van der Waals surface area (Å²) < 4.78 is 18.6. The van der Waals surface area contributed by atoms with E-state index in [1.165, 1.54) is 12.1 Å². The molecule has 2 N–H and O–H groups in total. The Hall–Kier alpha value is -1.58. The second-order valence-electron chi connectivity index (χ2n) is 4.38. The summed E-state index contributed by atoms with van der Waals surface area (Å²) in [4.78, 5) is 0. The van der Waals surface area contributed by atoms with Gasteiger partial charge in [-0.2, -0.15) is 0 Å². The molecular formula is C15H15ClFNO. The van der Waals surface area contributed by atoms with Crippen molar-refractivity contribution in [2.75, 3.05) is 6.61 Å². The molecule has 4 heteroatoms. The molecule has 2 rings (SSSR count). The second kappa shape index (κ2) is 6.04. The lowest BCUT2D eigenvalue weighted by Gasteiger charge is -2.16. The van der Waals surface area contributed by atoms with Gasteiger partial charge in [-0.05, 0) is 48.4 Å². The molecule has 0 radical (unpaired) electrons. The van der Waals surface area contributed by atoms with E-state index in [0.717, 1.165) is 11.1 Å². The fourth-order valence-corrected chi connectivity index (χ4v) is 2.07. The Morgan fingerprint density at radius 3 is 2.74 bits per heavy atom. The van der Waals surface area contributed by atoms with E-state index >= 15 is 0 Å². The van der Waals surface area contributed by atoms with E-state index in [9.17, 15) is 4.39 Å². The smallest absolute Gasteiger partial charge is 0.123 e. The van der Waals surface area contributed by atoms with Crippen LogP contribution in [0, 0.1) is 12.7 Å². The maximum atomic E-state index is 13.0. The van der Waals surface area contributed by atoms with Gasteiger partial charge in [-0.25, -0.2) is 4.39 Å². The summed E-state index contributed by atoms with van der Waals surface area (Å²) in [6.45, 7) is 2.14. The zero-order valence-corrected chi connectivity index (χ0v) is 11.3. The molecule has 1 atom stereocenters. The molecule has 100 valence electrons. The first kappa shape index (κ1) is 13.8. The highest BCUT2D eigenvalue weighted by Crippen LogP contribution is 2.21. The summed E-state index contributed by atoms with van der Waals surface area (Å²) in [7, 11) is 0. The SMILES string of the molecule is Cc1cc(F)ccc1C(N)COc1cccc(Cl)c1. The van der Waals surface area contributed by atoms with Crippen LogP contribution in [0.15, 0.2) is 42.5 Å². The van der Waals surface area contributed by atoms with Crippen molar-refractivity contribution >= 4 is 11.6 Å². The van der Waals surface area contributed by atoms with Crippen molar-refractivity contribution in [3.8, 4) is 5.75 Å². The Kier molecular flexibility index (Phi) is 4.40. The zero-order chi connectivity index (χ0) is 13.8. The predicted molar refractivity (Wildman–Crippen MR) is 75.0 cm³/mol. The normalized spacial score (nSPS) is 12.2. The van der Waals surface area contributed by atoms with Crippen molar-refractivity contribution in [3.63, 3.8) is 0 Å². The van der Waals surface area contributed by atoms with E-state index in [4.69, 9.17) is 22.1 Å². The first-order valence-corrected chi connectivity index (χ1v) is 6.34. The number of hydrogen-bond donors (Lipinski definition) is 1. The Labute approximate surface area is 117 Å². The fraction of sp³-hybridized carbons (Fsp3) is 0.200. The van der Waals surface area contributed by atoms with Crippen molar-refractivity contribution in [1.82, 2.24) is 0 Å². The molecule has 2 aromatic rings. The molecule has 0 aliphatic heterocycles. The van der Waals surface area contributed by atoms with Crippen molar-refractivity contribution in [3.05, 3.63) is 64.4 Å². The van der Waals surface area contributed by atoms with Crippen molar-refractivity contribution in [1.29, 1.82) is 0 Å². The average Bonchev–Trinajstić information content (AvgIpc) is 2.36. The maximum absolute atomic E-state index is 13.0. The Morgan fingerprint density at radius 2 is 2.05 bits per heavy atom. The van der Waals surface area contributed by atoms with E-state index in [-0.39, 0.29) is 11.9 Å². The van der Waals surface area contributed by atoms with E-state index < -0.39 is 0 Å². The molecule has 19 heavy (non-hydrogen) atoms. The molecule has 0 amide bonds. The molecular weight excluding hydrogens is 265 g/mol. The zero-order valence-electron chi connectivity index (χ0n) is 10.6. The molecule has 1 unspecified atom stereocenters. The number of halogens is 2.